The first-order valence-electron chi connectivity index (χ1n) is 10.4. The molecule has 0 aromatic heterocycles. The molecule has 2 rings (SSSR count). The van der Waals surface area contributed by atoms with Crippen LogP contribution in [0.15, 0.2) is 12.1 Å². The van der Waals surface area contributed by atoms with E-state index in [1.54, 1.807) is 11.8 Å². The number of carbonyl (C=O) groups is 2. The molecule has 1 saturated heterocycles. The summed E-state index contributed by atoms with van der Waals surface area (Å²) < 4.78 is 24.8. The molecule has 1 heterocycles. The van der Waals surface area contributed by atoms with Gasteiger partial charge in [0.05, 0.1) is 23.1 Å². The summed E-state index contributed by atoms with van der Waals surface area (Å²) >= 11 is 11.8. The molecule has 2 amide bonds. The Balaban J connectivity index is 1.97. The van der Waals surface area contributed by atoms with Crippen molar-refractivity contribution in [3.63, 3.8) is 0 Å². The normalized spacial score (nSPS) is 18.6. The molecule has 0 saturated carbocycles. The van der Waals surface area contributed by atoms with Crippen LogP contribution in [0.5, 0.6) is 0 Å². The molecule has 9 heteroatoms. The Bertz CT molecular complexity index is 800. The number of likely N-dealkylation sites (tertiary alicyclic amines) is 1. The number of methoxy groups -OCH3 is 1. The number of hydrogen-bond donors (Lipinski definition) is 1. The van der Waals surface area contributed by atoms with Gasteiger partial charge in [0.2, 0.25) is 5.91 Å². The van der Waals surface area contributed by atoms with Gasteiger partial charge in [-0.1, -0.05) is 30.1 Å². The zero-order valence-corrected chi connectivity index (χ0v) is 20.1. The van der Waals surface area contributed by atoms with Crippen LogP contribution >= 0.6 is 23.2 Å². The van der Waals surface area contributed by atoms with Gasteiger partial charge in [0.1, 0.15) is 11.4 Å². The summed E-state index contributed by atoms with van der Waals surface area (Å²) in [7, 11) is 1.54. The number of nitrogens with one attached hydrogen (secondary N) is 1. The highest BCUT2D eigenvalue weighted by molar-refractivity contribution is 6.35. The van der Waals surface area contributed by atoms with Crippen LogP contribution in [-0.4, -0.2) is 54.8 Å². The zero-order chi connectivity index (χ0) is 23.3. The van der Waals surface area contributed by atoms with E-state index in [-0.39, 0.29) is 23.5 Å². The van der Waals surface area contributed by atoms with Crippen LogP contribution in [0, 0.1) is 11.7 Å². The van der Waals surface area contributed by atoms with Gasteiger partial charge < -0.3 is 19.7 Å². The minimum Gasteiger partial charge on any atom is -0.444 e. The van der Waals surface area contributed by atoms with Crippen LogP contribution < -0.4 is 5.32 Å². The standard InChI is InChI=1S/C22H31Cl2FN2O4/c1-13(20(28)26-9-8-14-11-17(25)16(24)12-15(14)23)19(30-5)18-7-6-10-27(18)21(29)31-22(2,3)4/h11-13,18-19H,6-10H2,1-5H3,(H,26,28). The highest BCUT2D eigenvalue weighted by Gasteiger charge is 2.41. The molecule has 174 valence electrons. The van der Waals surface area contributed by atoms with Crippen LogP contribution in [0.25, 0.3) is 0 Å². The van der Waals surface area contributed by atoms with Crippen molar-refractivity contribution in [2.45, 2.75) is 64.7 Å². The van der Waals surface area contributed by atoms with E-state index in [0.717, 1.165) is 12.8 Å². The van der Waals surface area contributed by atoms with E-state index in [9.17, 15) is 14.0 Å². The molecule has 1 N–H and O–H groups in total. The van der Waals surface area contributed by atoms with Crippen LogP contribution in [0.1, 0.15) is 46.1 Å². The summed E-state index contributed by atoms with van der Waals surface area (Å²) in [4.78, 5) is 27.0. The van der Waals surface area contributed by atoms with Crippen molar-refractivity contribution in [1.29, 1.82) is 0 Å². The minimum absolute atomic E-state index is 0.0413. The third-order valence-electron chi connectivity index (χ3n) is 5.27. The van der Waals surface area contributed by atoms with Crippen molar-refractivity contribution >= 4 is 35.2 Å². The topological polar surface area (TPSA) is 67.9 Å². The van der Waals surface area contributed by atoms with Gasteiger partial charge in [0.15, 0.2) is 0 Å². The Labute approximate surface area is 193 Å². The van der Waals surface area contributed by atoms with E-state index in [1.165, 1.54) is 19.2 Å². The second-order valence-electron chi connectivity index (χ2n) is 8.77. The summed E-state index contributed by atoms with van der Waals surface area (Å²) in [6, 6.07) is 2.38. The molecular formula is C22H31Cl2FN2O4. The summed E-state index contributed by atoms with van der Waals surface area (Å²) in [5.41, 5.74) is -0.0372. The molecule has 31 heavy (non-hydrogen) atoms. The highest BCUT2D eigenvalue weighted by Crippen LogP contribution is 2.28. The van der Waals surface area contributed by atoms with Gasteiger partial charge in [-0.05, 0) is 57.7 Å². The van der Waals surface area contributed by atoms with Crippen molar-refractivity contribution in [1.82, 2.24) is 10.2 Å². The minimum atomic E-state index is -0.599. The number of carbonyl (C=O) groups excluding carboxylic acids is 2. The number of benzene rings is 1. The molecule has 6 nitrogen and oxygen atoms in total. The molecule has 1 fully saturated rings. The number of rotatable bonds is 7. The first-order valence-corrected chi connectivity index (χ1v) is 11.1. The predicted octanol–water partition coefficient (Wildman–Crippen LogP) is 4.84. The second-order valence-corrected chi connectivity index (χ2v) is 9.59. The summed E-state index contributed by atoms with van der Waals surface area (Å²) in [5, 5.41) is 3.15. The fourth-order valence-corrected chi connectivity index (χ4v) is 4.24. The van der Waals surface area contributed by atoms with Crippen LogP contribution in [0.3, 0.4) is 0 Å². The van der Waals surface area contributed by atoms with Gasteiger partial charge in [-0.3, -0.25) is 4.79 Å². The average Bonchev–Trinajstić information content (AvgIpc) is 3.14. The van der Waals surface area contributed by atoms with Crippen molar-refractivity contribution in [3.8, 4) is 0 Å². The fraction of sp³-hybridized carbons (Fsp3) is 0.636. The van der Waals surface area contributed by atoms with Gasteiger partial charge in [0, 0.05) is 25.2 Å². The molecule has 0 aliphatic carbocycles. The van der Waals surface area contributed by atoms with Crippen molar-refractivity contribution in [3.05, 3.63) is 33.6 Å². The Morgan fingerprint density at radius 3 is 2.58 bits per heavy atom. The Morgan fingerprint density at radius 1 is 1.29 bits per heavy atom. The molecule has 0 radical (unpaired) electrons. The van der Waals surface area contributed by atoms with Gasteiger partial charge in [-0.2, -0.15) is 0 Å². The molecule has 1 aromatic carbocycles. The number of hydrogen-bond acceptors (Lipinski definition) is 4. The van der Waals surface area contributed by atoms with Gasteiger partial charge in [-0.25, -0.2) is 9.18 Å². The smallest absolute Gasteiger partial charge is 0.410 e. The lowest BCUT2D eigenvalue weighted by Crippen LogP contribution is -2.50. The molecule has 3 atom stereocenters. The molecule has 1 aliphatic heterocycles. The molecule has 3 unspecified atom stereocenters. The maximum atomic E-state index is 13.7. The lowest BCUT2D eigenvalue weighted by Gasteiger charge is -2.34. The number of halogens is 3. The Morgan fingerprint density at radius 2 is 1.97 bits per heavy atom. The molecular weight excluding hydrogens is 446 g/mol. The number of nitrogens with zero attached hydrogens (tertiary/aromatic N) is 1. The molecule has 0 spiro atoms. The largest absolute Gasteiger partial charge is 0.444 e. The number of amides is 2. The predicted molar refractivity (Wildman–Crippen MR) is 119 cm³/mol. The third kappa shape index (κ3) is 6.96. The molecule has 1 aliphatic rings. The van der Waals surface area contributed by atoms with Gasteiger partial charge in [0.25, 0.3) is 0 Å². The van der Waals surface area contributed by atoms with E-state index < -0.39 is 29.5 Å². The quantitative estimate of drug-likeness (QED) is 0.571. The summed E-state index contributed by atoms with van der Waals surface area (Å²) in [5.74, 6) is -1.27. The van der Waals surface area contributed by atoms with Crippen molar-refractivity contribution in [2.75, 3.05) is 20.2 Å². The lowest BCUT2D eigenvalue weighted by atomic mass is 9.95. The average molecular weight is 477 g/mol. The van der Waals surface area contributed by atoms with Crippen LogP contribution in [0.4, 0.5) is 9.18 Å². The van der Waals surface area contributed by atoms with E-state index in [2.05, 4.69) is 5.32 Å². The van der Waals surface area contributed by atoms with Crippen molar-refractivity contribution in [2.24, 2.45) is 5.92 Å². The Hall–Kier alpha value is -1.57. The third-order valence-corrected chi connectivity index (χ3v) is 5.91. The van der Waals surface area contributed by atoms with E-state index >= 15 is 0 Å². The number of ether oxygens (including phenoxy) is 2. The summed E-state index contributed by atoms with van der Waals surface area (Å²) in [6.45, 7) is 8.06. The Kier molecular flexibility index (Phi) is 8.98. The van der Waals surface area contributed by atoms with Gasteiger partial charge >= 0.3 is 6.09 Å². The van der Waals surface area contributed by atoms with E-state index in [4.69, 9.17) is 32.7 Å². The monoisotopic (exact) mass is 476 g/mol. The molecule has 0 bridgehead atoms. The van der Waals surface area contributed by atoms with E-state index in [1.807, 2.05) is 20.8 Å². The lowest BCUT2D eigenvalue weighted by molar-refractivity contribution is -0.130. The maximum absolute atomic E-state index is 13.7. The first-order chi connectivity index (χ1) is 14.4. The summed E-state index contributed by atoms with van der Waals surface area (Å²) in [6.07, 6.45) is 1.03. The van der Waals surface area contributed by atoms with Gasteiger partial charge in [-0.15, -0.1) is 0 Å². The zero-order valence-electron chi connectivity index (χ0n) is 18.6. The van der Waals surface area contributed by atoms with E-state index in [0.29, 0.717) is 23.6 Å². The molecule has 1 aromatic rings. The van der Waals surface area contributed by atoms with Crippen molar-refractivity contribution < 1.29 is 23.5 Å². The first kappa shape index (κ1) is 25.7. The highest BCUT2D eigenvalue weighted by atomic mass is 35.5. The maximum Gasteiger partial charge on any atom is 0.410 e. The van der Waals surface area contributed by atoms with Crippen LogP contribution in [-0.2, 0) is 20.7 Å². The fourth-order valence-electron chi connectivity index (χ4n) is 3.76. The second kappa shape index (κ2) is 10.8. The van der Waals surface area contributed by atoms with Crippen LogP contribution in [0.2, 0.25) is 10.0 Å². The SMILES string of the molecule is COC(C(C)C(=O)NCCc1cc(F)c(Cl)cc1Cl)C1CCCN1C(=O)OC(C)(C)C.